The van der Waals surface area contributed by atoms with Gasteiger partial charge in [-0.15, -0.1) is 0 Å². The van der Waals surface area contributed by atoms with Gasteiger partial charge in [0.05, 0.1) is 22.3 Å². The fraction of sp³-hybridized carbons (Fsp3) is 0.125. The van der Waals surface area contributed by atoms with Gasteiger partial charge in [-0.1, -0.05) is 30.3 Å². The summed E-state index contributed by atoms with van der Waals surface area (Å²) in [5.74, 6) is -1.27. The second-order valence-electron chi connectivity index (χ2n) is 5.31. The molecule has 1 heterocycles. The van der Waals surface area contributed by atoms with Gasteiger partial charge < -0.3 is 9.67 Å². The van der Waals surface area contributed by atoms with Crippen LogP contribution in [0.2, 0.25) is 0 Å². The molecule has 1 aromatic heterocycles. The lowest BCUT2D eigenvalue weighted by molar-refractivity contribution is -0.139. The van der Waals surface area contributed by atoms with E-state index >= 15 is 0 Å². The van der Waals surface area contributed by atoms with Crippen LogP contribution in [0.15, 0.2) is 59.8 Å². The Morgan fingerprint density at radius 1 is 1.21 bits per heavy atom. The van der Waals surface area contributed by atoms with E-state index in [0.29, 0.717) is 11.1 Å². The fourth-order valence-corrected chi connectivity index (χ4v) is 3.61. The number of nitrogens with one attached hydrogen (secondary N) is 1. The number of fused-ring (bicyclic) bond motifs is 1. The van der Waals surface area contributed by atoms with E-state index in [2.05, 4.69) is 9.71 Å². The maximum Gasteiger partial charge on any atom is 0.326 e. The number of rotatable bonds is 5. The molecule has 0 amide bonds. The second-order valence-corrected chi connectivity index (χ2v) is 7.02. The van der Waals surface area contributed by atoms with Crippen LogP contribution in [0.5, 0.6) is 0 Å². The first-order valence-electron chi connectivity index (χ1n) is 7.09. The molecule has 2 N–H and O–H groups in total. The van der Waals surface area contributed by atoms with Crippen LogP contribution in [-0.2, 0) is 21.9 Å². The molecule has 8 heteroatoms. The molecule has 0 radical (unpaired) electrons. The zero-order valence-electron chi connectivity index (χ0n) is 12.7. The normalized spacial score (nSPS) is 13.0. The fourth-order valence-electron chi connectivity index (χ4n) is 2.41. The smallest absolute Gasteiger partial charge is 0.326 e. The van der Waals surface area contributed by atoms with E-state index in [0.717, 1.165) is 5.52 Å². The Balaban J connectivity index is 1.97. The molecular formula is C16H15N3O4S. The average Bonchev–Trinajstić information content (AvgIpc) is 2.94. The van der Waals surface area contributed by atoms with Crippen molar-refractivity contribution in [2.45, 2.75) is 10.9 Å². The van der Waals surface area contributed by atoms with Crippen molar-refractivity contribution in [3.63, 3.8) is 0 Å². The largest absolute Gasteiger partial charge is 0.480 e. The summed E-state index contributed by atoms with van der Waals surface area (Å²) in [6.45, 7) is 0. The van der Waals surface area contributed by atoms with Crippen LogP contribution < -0.4 is 4.72 Å². The van der Waals surface area contributed by atoms with E-state index in [-0.39, 0.29) is 4.90 Å². The third-order valence-corrected chi connectivity index (χ3v) is 5.08. The Kier molecular flexibility index (Phi) is 4.08. The minimum Gasteiger partial charge on any atom is -0.480 e. The first kappa shape index (κ1) is 16.2. The molecule has 1 atom stereocenters. The lowest BCUT2D eigenvalue weighted by Gasteiger charge is -2.15. The zero-order chi connectivity index (χ0) is 17.3. The third-order valence-electron chi connectivity index (χ3n) is 3.66. The number of hydrogen-bond donors (Lipinski definition) is 2. The van der Waals surface area contributed by atoms with Crippen LogP contribution in [0.25, 0.3) is 11.0 Å². The van der Waals surface area contributed by atoms with Gasteiger partial charge in [0.25, 0.3) is 0 Å². The molecule has 0 aliphatic heterocycles. The first-order chi connectivity index (χ1) is 11.4. The Hall–Kier alpha value is -2.71. The standard InChI is InChI=1S/C16H15N3O4S/c1-19-10-17-13-9-12(7-8-14(13)19)24(22,23)18-15(16(20)21)11-5-3-2-4-6-11/h2-10,15,18H,1H3,(H,20,21). The molecule has 0 fully saturated rings. The highest BCUT2D eigenvalue weighted by Crippen LogP contribution is 2.21. The van der Waals surface area contributed by atoms with Crippen molar-refractivity contribution >= 4 is 27.0 Å². The number of carboxylic acids is 1. The molecule has 1 unspecified atom stereocenters. The summed E-state index contributed by atoms with van der Waals surface area (Å²) < 4.78 is 29.1. The van der Waals surface area contributed by atoms with Crippen molar-refractivity contribution in [3.05, 3.63) is 60.4 Å². The number of benzene rings is 2. The number of aromatic nitrogens is 2. The number of imidazole rings is 1. The molecule has 7 nitrogen and oxygen atoms in total. The van der Waals surface area contributed by atoms with Crippen LogP contribution in [0, 0.1) is 0 Å². The Morgan fingerprint density at radius 2 is 1.92 bits per heavy atom. The predicted molar refractivity (Wildman–Crippen MR) is 87.9 cm³/mol. The van der Waals surface area contributed by atoms with Crippen molar-refractivity contribution in [3.8, 4) is 0 Å². The van der Waals surface area contributed by atoms with Gasteiger partial charge in [0.1, 0.15) is 6.04 Å². The van der Waals surface area contributed by atoms with Gasteiger partial charge in [0, 0.05) is 7.05 Å². The van der Waals surface area contributed by atoms with Gasteiger partial charge in [0.2, 0.25) is 10.0 Å². The lowest BCUT2D eigenvalue weighted by Crippen LogP contribution is -2.33. The van der Waals surface area contributed by atoms with Gasteiger partial charge >= 0.3 is 5.97 Å². The third kappa shape index (κ3) is 3.01. The van der Waals surface area contributed by atoms with Crippen molar-refractivity contribution in [2.24, 2.45) is 7.05 Å². The molecule has 24 heavy (non-hydrogen) atoms. The molecule has 0 saturated carbocycles. The summed E-state index contributed by atoms with van der Waals surface area (Å²) in [6.07, 6.45) is 1.58. The monoisotopic (exact) mass is 345 g/mol. The van der Waals surface area contributed by atoms with E-state index in [1.807, 2.05) is 0 Å². The Labute approximate surface area is 138 Å². The number of carbonyl (C=O) groups is 1. The van der Waals surface area contributed by atoms with Gasteiger partial charge in [-0.3, -0.25) is 4.79 Å². The Morgan fingerprint density at radius 3 is 2.58 bits per heavy atom. The molecule has 0 spiro atoms. The molecule has 3 aromatic rings. The number of aryl methyl sites for hydroxylation is 1. The highest BCUT2D eigenvalue weighted by atomic mass is 32.2. The summed E-state index contributed by atoms with van der Waals surface area (Å²) in [4.78, 5) is 15.6. The van der Waals surface area contributed by atoms with Crippen molar-refractivity contribution < 1.29 is 18.3 Å². The number of sulfonamides is 1. The van der Waals surface area contributed by atoms with Crippen LogP contribution in [-0.4, -0.2) is 29.0 Å². The van der Waals surface area contributed by atoms with Crippen LogP contribution in [0.4, 0.5) is 0 Å². The van der Waals surface area contributed by atoms with Crippen molar-refractivity contribution in [1.82, 2.24) is 14.3 Å². The first-order valence-corrected chi connectivity index (χ1v) is 8.58. The number of nitrogens with zero attached hydrogens (tertiary/aromatic N) is 2. The van der Waals surface area contributed by atoms with E-state index in [1.165, 1.54) is 12.1 Å². The van der Waals surface area contributed by atoms with Crippen molar-refractivity contribution in [1.29, 1.82) is 0 Å². The molecule has 2 aromatic carbocycles. The second kappa shape index (κ2) is 6.06. The molecule has 0 bridgehead atoms. The Bertz CT molecular complexity index is 997. The lowest BCUT2D eigenvalue weighted by atomic mass is 10.1. The van der Waals surface area contributed by atoms with Crippen LogP contribution >= 0.6 is 0 Å². The zero-order valence-corrected chi connectivity index (χ0v) is 13.6. The summed E-state index contributed by atoms with van der Waals surface area (Å²) in [5.41, 5.74) is 1.66. The molecule has 3 rings (SSSR count). The molecule has 0 aliphatic carbocycles. The van der Waals surface area contributed by atoms with Gasteiger partial charge in [-0.05, 0) is 23.8 Å². The highest BCUT2D eigenvalue weighted by Gasteiger charge is 2.27. The summed E-state index contributed by atoms with van der Waals surface area (Å²) in [7, 11) is -2.21. The number of hydrogen-bond acceptors (Lipinski definition) is 4. The van der Waals surface area contributed by atoms with Gasteiger partial charge in [-0.25, -0.2) is 13.4 Å². The summed E-state index contributed by atoms with van der Waals surface area (Å²) >= 11 is 0. The van der Waals surface area contributed by atoms with Gasteiger partial charge in [-0.2, -0.15) is 4.72 Å². The SMILES string of the molecule is Cn1cnc2cc(S(=O)(=O)NC(C(=O)O)c3ccccc3)ccc21. The molecule has 0 aliphatic rings. The highest BCUT2D eigenvalue weighted by molar-refractivity contribution is 7.89. The maximum absolute atomic E-state index is 12.6. The summed E-state index contributed by atoms with van der Waals surface area (Å²) in [6, 6.07) is 11.3. The van der Waals surface area contributed by atoms with E-state index in [4.69, 9.17) is 0 Å². The molecule has 124 valence electrons. The molecular weight excluding hydrogens is 330 g/mol. The number of carboxylic acid groups (broad SMARTS) is 1. The van der Waals surface area contributed by atoms with E-state index < -0.39 is 22.0 Å². The average molecular weight is 345 g/mol. The van der Waals surface area contributed by atoms with E-state index in [1.54, 1.807) is 54.3 Å². The maximum atomic E-state index is 12.6. The molecule has 0 saturated heterocycles. The van der Waals surface area contributed by atoms with Crippen molar-refractivity contribution in [2.75, 3.05) is 0 Å². The van der Waals surface area contributed by atoms with E-state index in [9.17, 15) is 18.3 Å². The van der Waals surface area contributed by atoms with Crippen LogP contribution in [0.3, 0.4) is 0 Å². The van der Waals surface area contributed by atoms with Crippen LogP contribution in [0.1, 0.15) is 11.6 Å². The minimum atomic E-state index is -4.01. The van der Waals surface area contributed by atoms with Gasteiger partial charge in [0.15, 0.2) is 0 Å². The number of aliphatic carboxylic acids is 1. The summed E-state index contributed by atoms with van der Waals surface area (Å²) in [5, 5.41) is 9.37. The topological polar surface area (TPSA) is 101 Å². The minimum absolute atomic E-state index is 0.0316. The predicted octanol–water partition coefficient (Wildman–Crippen LogP) is 1.68. The quantitative estimate of drug-likeness (QED) is 0.732.